The lowest BCUT2D eigenvalue weighted by atomic mass is 9.97. The molecule has 18 heavy (non-hydrogen) atoms. The van der Waals surface area contributed by atoms with Crippen molar-refractivity contribution in [3.8, 4) is 0 Å². The van der Waals surface area contributed by atoms with Crippen LogP contribution in [0, 0.1) is 24.7 Å². The van der Waals surface area contributed by atoms with Crippen LogP contribution in [-0.4, -0.2) is 11.5 Å². The monoisotopic (exact) mass is 244 g/mol. The van der Waals surface area contributed by atoms with Gasteiger partial charge in [0.05, 0.1) is 0 Å². The summed E-state index contributed by atoms with van der Waals surface area (Å²) < 4.78 is 0. The minimum Gasteiger partial charge on any atom is -0.310 e. The van der Waals surface area contributed by atoms with E-state index < -0.39 is 0 Å². The van der Waals surface area contributed by atoms with Crippen molar-refractivity contribution in [2.45, 2.75) is 45.6 Å². The Morgan fingerprint density at radius 2 is 2.06 bits per heavy atom. The first kappa shape index (κ1) is 12.2. The Morgan fingerprint density at radius 1 is 1.33 bits per heavy atom. The van der Waals surface area contributed by atoms with Gasteiger partial charge in [0.15, 0.2) is 0 Å². The molecule has 1 aromatic rings. The molecule has 3 atom stereocenters. The summed E-state index contributed by atoms with van der Waals surface area (Å²) >= 11 is 0. The number of aromatic nitrogens is 1. The summed E-state index contributed by atoms with van der Waals surface area (Å²) in [7, 11) is 0. The molecule has 0 bridgehead atoms. The molecular formula is C16H24N2. The van der Waals surface area contributed by atoms with Gasteiger partial charge in [-0.15, -0.1) is 0 Å². The molecular weight excluding hydrogens is 220 g/mol. The van der Waals surface area contributed by atoms with Crippen LogP contribution in [0.25, 0.3) is 0 Å². The lowest BCUT2D eigenvalue weighted by molar-refractivity contribution is 0.454. The van der Waals surface area contributed by atoms with Crippen molar-refractivity contribution in [3.63, 3.8) is 0 Å². The lowest BCUT2D eigenvalue weighted by Crippen LogP contribution is -2.24. The highest BCUT2D eigenvalue weighted by Crippen LogP contribution is 2.60. The molecule has 2 fully saturated rings. The summed E-state index contributed by atoms with van der Waals surface area (Å²) in [6.45, 7) is 5.48. The molecule has 2 nitrogen and oxygen atoms in total. The number of hydrogen-bond acceptors (Lipinski definition) is 2. The Balaban J connectivity index is 1.83. The maximum absolute atomic E-state index is 4.34. The molecule has 3 rings (SSSR count). The number of rotatable bonds is 4. The van der Waals surface area contributed by atoms with Gasteiger partial charge in [-0.05, 0) is 61.3 Å². The van der Waals surface area contributed by atoms with Crippen LogP contribution in [0.2, 0.25) is 0 Å². The van der Waals surface area contributed by atoms with Crippen LogP contribution >= 0.6 is 0 Å². The predicted molar refractivity (Wildman–Crippen MR) is 74.3 cm³/mol. The first-order valence-corrected chi connectivity index (χ1v) is 7.46. The third-order valence-electron chi connectivity index (χ3n) is 4.95. The number of aryl methyl sites for hydroxylation is 1. The van der Waals surface area contributed by atoms with Crippen molar-refractivity contribution in [3.05, 3.63) is 29.6 Å². The van der Waals surface area contributed by atoms with Crippen molar-refractivity contribution in [2.75, 3.05) is 6.54 Å². The van der Waals surface area contributed by atoms with Crippen LogP contribution in [0.3, 0.4) is 0 Å². The smallest absolute Gasteiger partial charge is 0.0372 e. The summed E-state index contributed by atoms with van der Waals surface area (Å²) in [5.41, 5.74) is 2.82. The fraction of sp³-hybridized carbons (Fsp3) is 0.688. The normalized spacial score (nSPS) is 31.8. The van der Waals surface area contributed by atoms with Crippen molar-refractivity contribution < 1.29 is 0 Å². The zero-order valence-electron chi connectivity index (χ0n) is 11.5. The Bertz CT molecular complexity index is 403. The van der Waals surface area contributed by atoms with Gasteiger partial charge in [0.2, 0.25) is 0 Å². The molecule has 0 aliphatic heterocycles. The first-order valence-electron chi connectivity index (χ1n) is 7.46. The first-order chi connectivity index (χ1) is 8.83. The Kier molecular flexibility index (Phi) is 3.38. The zero-order chi connectivity index (χ0) is 12.5. The molecule has 3 unspecified atom stereocenters. The van der Waals surface area contributed by atoms with Gasteiger partial charge in [-0.25, -0.2) is 0 Å². The van der Waals surface area contributed by atoms with E-state index in [9.17, 15) is 0 Å². The molecule has 0 amide bonds. The highest BCUT2D eigenvalue weighted by atomic mass is 14.9. The molecule has 2 saturated carbocycles. The summed E-state index contributed by atoms with van der Waals surface area (Å²) in [6, 6.07) is 2.68. The molecule has 1 heterocycles. The molecule has 1 N–H and O–H groups in total. The van der Waals surface area contributed by atoms with Crippen molar-refractivity contribution >= 4 is 0 Å². The highest BCUT2D eigenvalue weighted by molar-refractivity contribution is 5.28. The van der Waals surface area contributed by atoms with E-state index in [0.29, 0.717) is 6.04 Å². The Morgan fingerprint density at radius 3 is 2.67 bits per heavy atom. The van der Waals surface area contributed by atoms with E-state index in [1.807, 2.05) is 6.20 Å². The summed E-state index contributed by atoms with van der Waals surface area (Å²) in [4.78, 5) is 4.34. The Labute approximate surface area is 110 Å². The third-order valence-corrected chi connectivity index (χ3v) is 4.95. The van der Waals surface area contributed by atoms with Gasteiger partial charge in [-0.2, -0.15) is 0 Å². The quantitative estimate of drug-likeness (QED) is 0.877. The second kappa shape index (κ2) is 5.00. The van der Waals surface area contributed by atoms with Gasteiger partial charge in [-0.1, -0.05) is 19.8 Å². The van der Waals surface area contributed by atoms with Gasteiger partial charge in [0, 0.05) is 18.4 Å². The maximum Gasteiger partial charge on any atom is 0.0372 e. The predicted octanol–water partition coefficient (Wildman–Crippen LogP) is 3.48. The second-order valence-electron chi connectivity index (χ2n) is 5.96. The minimum absolute atomic E-state index is 0.539. The van der Waals surface area contributed by atoms with Gasteiger partial charge in [-0.3, -0.25) is 4.98 Å². The SMILES string of the molecule is CCNC(c1cnccc1C)C1C2CCCCC21. The second-order valence-corrected chi connectivity index (χ2v) is 5.96. The van der Waals surface area contributed by atoms with Gasteiger partial charge in [0.25, 0.3) is 0 Å². The molecule has 2 aliphatic carbocycles. The average Bonchev–Trinajstić information content (AvgIpc) is 3.11. The largest absolute Gasteiger partial charge is 0.310 e. The highest BCUT2D eigenvalue weighted by Gasteiger charge is 2.54. The van der Waals surface area contributed by atoms with Gasteiger partial charge < -0.3 is 5.32 Å². The fourth-order valence-corrected chi connectivity index (χ4v) is 4.02. The van der Waals surface area contributed by atoms with E-state index in [2.05, 4.69) is 36.4 Å². The Hall–Kier alpha value is -0.890. The molecule has 0 aromatic carbocycles. The van der Waals surface area contributed by atoms with Crippen LogP contribution in [0.1, 0.15) is 49.8 Å². The number of pyridine rings is 1. The zero-order valence-corrected chi connectivity index (χ0v) is 11.5. The van der Waals surface area contributed by atoms with Crippen LogP contribution in [0.5, 0.6) is 0 Å². The van der Waals surface area contributed by atoms with Gasteiger partial charge in [0.1, 0.15) is 0 Å². The van der Waals surface area contributed by atoms with Crippen LogP contribution < -0.4 is 5.32 Å². The fourth-order valence-electron chi connectivity index (χ4n) is 4.02. The summed E-state index contributed by atoms with van der Waals surface area (Å²) in [5.74, 6) is 2.85. The molecule has 0 saturated heterocycles. The molecule has 2 aliphatic rings. The van der Waals surface area contributed by atoms with E-state index in [-0.39, 0.29) is 0 Å². The molecule has 0 spiro atoms. The summed E-state index contributed by atoms with van der Waals surface area (Å²) in [6.07, 6.45) is 9.78. The number of nitrogens with one attached hydrogen (secondary N) is 1. The molecule has 0 radical (unpaired) electrons. The third kappa shape index (κ3) is 2.07. The number of nitrogens with zero attached hydrogens (tertiary/aromatic N) is 1. The van der Waals surface area contributed by atoms with E-state index >= 15 is 0 Å². The van der Waals surface area contributed by atoms with Gasteiger partial charge >= 0.3 is 0 Å². The molecule has 1 aromatic heterocycles. The minimum atomic E-state index is 0.539. The van der Waals surface area contributed by atoms with Crippen LogP contribution in [-0.2, 0) is 0 Å². The van der Waals surface area contributed by atoms with Crippen LogP contribution in [0.4, 0.5) is 0 Å². The average molecular weight is 244 g/mol. The van der Waals surface area contributed by atoms with E-state index in [4.69, 9.17) is 0 Å². The van der Waals surface area contributed by atoms with Crippen molar-refractivity contribution in [1.29, 1.82) is 0 Å². The maximum atomic E-state index is 4.34. The van der Waals surface area contributed by atoms with Crippen LogP contribution in [0.15, 0.2) is 18.5 Å². The standard InChI is InChI=1S/C16H24N2/c1-3-18-16(14-10-17-9-8-11(14)2)15-12-6-4-5-7-13(12)15/h8-10,12-13,15-16,18H,3-7H2,1-2H3. The number of fused-ring (bicyclic) bond motifs is 1. The lowest BCUT2D eigenvalue weighted by Gasteiger charge is -2.20. The van der Waals surface area contributed by atoms with E-state index in [1.165, 1.54) is 36.8 Å². The topological polar surface area (TPSA) is 24.9 Å². The van der Waals surface area contributed by atoms with Crippen molar-refractivity contribution in [1.82, 2.24) is 10.3 Å². The van der Waals surface area contributed by atoms with E-state index in [1.54, 1.807) is 0 Å². The molecule has 2 heteroatoms. The van der Waals surface area contributed by atoms with E-state index in [0.717, 1.165) is 24.3 Å². The van der Waals surface area contributed by atoms with Crippen molar-refractivity contribution in [2.24, 2.45) is 17.8 Å². The summed E-state index contributed by atoms with van der Waals surface area (Å²) in [5, 5.41) is 3.72. The molecule has 98 valence electrons. The number of hydrogen-bond donors (Lipinski definition) is 1.